The first kappa shape index (κ1) is 40.3. The van der Waals surface area contributed by atoms with Crippen molar-refractivity contribution in [3.8, 4) is 22.8 Å². The van der Waals surface area contributed by atoms with Crippen LogP contribution in [-0.4, -0.2) is 54.9 Å². The molecule has 0 bridgehead atoms. The second kappa shape index (κ2) is 15.4. The lowest BCUT2D eigenvalue weighted by Gasteiger charge is -2.27. The average molecular weight is 738 g/mol. The van der Waals surface area contributed by atoms with Crippen molar-refractivity contribution in [2.75, 3.05) is 13.2 Å². The minimum atomic E-state index is -5.95. The summed E-state index contributed by atoms with van der Waals surface area (Å²) in [4.78, 5) is 11.1. The highest BCUT2D eigenvalue weighted by atomic mass is 19.4. The van der Waals surface area contributed by atoms with Crippen LogP contribution in [0.5, 0.6) is 11.5 Å². The Morgan fingerprint density at radius 2 is 1.42 bits per heavy atom. The van der Waals surface area contributed by atoms with Crippen molar-refractivity contribution in [1.82, 2.24) is 4.57 Å². The Balaban J connectivity index is 1.73. The molecule has 3 rings (SSSR count). The first-order valence-corrected chi connectivity index (χ1v) is 14.5. The maximum Gasteiger partial charge on any atom is 0.573 e. The number of fused-ring (bicyclic) bond motifs is 1. The fourth-order valence-corrected chi connectivity index (χ4v) is 4.41. The normalized spacial score (nSPS) is 13.1. The van der Waals surface area contributed by atoms with E-state index in [2.05, 4.69) is 30.3 Å². The zero-order valence-electron chi connectivity index (χ0n) is 26.5. The number of rotatable bonds is 18. The number of carbonyl (C=O) groups is 1. The number of benzene rings is 2. The molecule has 0 aliphatic rings. The summed E-state index contributed by atoms with van der Waals surface area (Å²) in [5, 5.41) is 0.385. The monoisotopic (exact) mass is 737 g/mol. The lowest BCUT2D eigenvalue weighted by atomic mass is 10.0. The molecule has 0 saturated carbocycles. The van der Waals surface area contributed by atoms with Crippen LogP contribution in [0.4, 0.5) is 48.3 Å². The molecule has 2 aromatic carbocycles. The zero-order valence-corrected chi connectivity index (χ0v) is 26.5. The number of carbonyl (C=O) groups excluding carboxylic acids is 1. The minimum absolute atomic E-state index is 0.0383. The lowest BCUT2D eigenvalue weighted by Crippen LogP contribution is -2.46. The van der Waals surface area contributed by atoms with Crippen LogP contribution in [0.25, 0.3) is 22.2 Å². The second-order valence-corrected chi connectivity index (χ2v) is 10.8. The summed E-state index contributed by atoms with van der Waals surface area (Å²) in [5.41, 5.74) is 0.646. The van der Waals surface area contributed by atoms with Crippen molar-refractivity contribution >= 4 is 16.9 Å². The molecule has 1 heterocycles. The Morgan fingerprint density at radius 3 is 2.00 bits per heavy atom. The fraction of sp³-hybridized carbons (Fsp3) is 0.452. The van der Waals surface area contributed by atoms with Gasteiger partial charge in [-0.3, -0.25) is 0 Å². The van der Waals surface area contributed by atoms with E-state index >= 15 is 0 Å². The van der Waals surface area contributed by atoms with E-state index in [4.69, 9.17) is 4.74 Å². The van der Waals surface area contributed by atoms with E-state index < -0.39 is 67.4 Å². The molecular weight excluding hydrogens is 707 g/mol. The molecule has 0 unspecified atom stereocenters. The third-order valence-corrected chi connectivity index (χ3v) is 6.53. The van der Waals surface area contributed by atoms with Crippen LogP contribution in [0, 0.1) is 0 Å². The van der Waals surface area contributed by atoms with Gasteiger partial charge < -0.3 is 18.8 Å². The molecule has 0 N–H and O–H groups in total. The molecule has 0 spiro atoms. The standard InChI is InChI=1S/C31H30F11NO7/c1-5-6-7-8-19-9-12-22(25(13-19)47-29(36,37)38)24-14-20-10-11-21(15-23(20)43(24)4)45-16-27(32,33)48-30(39,40)50-31(41,42)49-28(34,35)17-46-26(44)18(2)3/h9-15H,2,5-8,16-17H2,1,3-4H3. The molecule has 50 heavy (non-hydrogen) atoms. The van der Waals surface area contributed by atoms with Crippen molar-refractivity contribution in [2.24, 2.45) is 7.05 Å². The number of aromatic nitrogens is 1. The SMILES string of the molecule is C=C(C)C(=O)OCC(F)(F)OC(F)(F)OC(F)(F)OC(F)(F)COc1ccc2cc(-c3ccc(CCCCC)cc3OC(F)(F)F)n(C)c2c1. The molecule has 0 aliphatic heterocycles. The first-order valence-electron chi connectivity index (χ1n) is 14.5. The van der Waals surface area contributed by atoms with Crippen LogP contribution in [0.15, 0.2) is 54.6 Å². The van der Waals surface area contributed by atoms with E-state index in [0.717, 1.165) is 38.3 Å². The lowest BCUT2D eigenvalue weighted by molar-refractivity contribution is -0.574. The largest absolute Gasteiger partial charge is 0.573 e. The maximum absolute atomic E-state index is 14.2. The van der Waals surface area contributed by atoms with E-state index in [9.17, 15) is 53.1 Å². The van der Waals surface area contributed by atoms with Gasteiger partial charge in [0.25, 0.3) is 0 Å². The zero-order chi connectivity index (χ0) is 37.7. The van der Waals surface area contributed by atoms with Gasteiger partial charge in [0.1, 0.15) is 11.5 Å². The van der Waals surface area contributed by atoms with Crippen LogP contribution in [0.1, 0.15) is 38.7 Å². The third-order valence-electron chi connectivity index (χ3n) is 6.53. The van der Waals surface area contributed by atoms with Crippen molar-refractivity contribution in [1.29, 1.82) is 0 Å². The Hall–Kier alpha value is -4.10. The topological polar surface area (TPSA) is 77.4 Å². The van der Waals surface area contributed by atoms with Crippen LogP contribution < -0.4 is 9.47 Å². The number of unbranched alkanes of at least 4 members (excludes halogenated alkanes) is 2. The highest BCUT2D eigenvalue weighted by Gasteiger charge is 2.57. The van der Waals surface area contributed by atoms with Gasteiger partial charge in [-0.1, -0.05) is 32.4 Å². The van der Waals surface area contributed by atoms with Crippen molar-refractivity contribution in [3.63, 3.8) is 0 Å². The number of nitrogens with zero attached hydrogens (tertiary/aromatic N) is 1. The number of ether oxygens (including phenoxy) is 6. The molecule has 3 aromatic rings. The molecule has 0 atom stereocenters. The summed E-state index contributed by atoms with van der Waals surface area (Å²) in [6, 6.07) is 9.32. The summed E-state index contributed by atoms with van der Waals surface area (Å²) < 4.78 is 173. The van der Waals surface area contributed by atoms with Gasteiger partial charge in [-0.15, -0.1) is 30.7 Å². The van der Waals surface area contributed by atoms with Crippen LogP contribution in [0.2, 0.25) is 0 Å². The molecule has 0 fully saturated rings. The average Bonchev–Trinajstić information content (AvgIpc) is 3.27. The molecule has 8 nitrogen and oxygen atoms in total. The second-order valence-electron chi connectivity index (χ2n) is 10.8. The molecule has 1 aromatic heterocycles. The predicted molar refractivity (Wildman–Crippen MR) is 153 cm³/mol. The predicted octanol–water partition coefficient (Wildman–Crippen LogP) is 9.31. The van der Waals surface area contributed by atoms with Crippen LogP contribution >= 0.6 is 0 Å². The number of alkyl halides is 11. The molecule has 0 aliphatic carbocycles. The number of esters is 1. The summed E-state index contributed by atoms with van der Waals surface area (Å²) in [5.74, 6) is -2.36. The number of hydrogen-bond acceptors (Lipinski definition) is 7. The van der Waals surface area contributed by atoms with Gasteiger partial charge in [-0.25, -0.2) is 19.0 Å². The van der Waals surface area contributed by atoms with E-state index in [1.807, 2.05) is 6.92 Å². The van der Waals surface area contributed by atoms with Gasteiger partial charge in [0.05, 0.1) is 11.2 Å². The Morgan fingerprint density at radius 1 is 0.800 bits per heavy atom. The van der Waals surface area contributed by atoms with Crippen LogP contribution in [-0.2, 0) is 37.2 Å². The maximum atomic E-state index is 14.2. The Bertz CT molecular complexity index is 1660. The molecule has 19 heteroatoms. The van der Waals surface area contributed by atoms with Gasteiger partial charge >= 0.3 is 37.1 Å². The number of aryl methyl sites for hydroxylation is 2. The van der Waals surface area contributed by atoms with Gasteiger partial charge in [-0.2, -0.15) is 17.6 Å². The molecule has 278 valence electrons. The highest BCUT2D eigenvalue weighted by molar-refractivity contribution is 5.89. The molecular formula is C31H30F11NO7. The minimum Gasteiger partial charge on any atom is -0.484 e. The summed E-state index contributed by atoms with van der Waals surface area (Å²) in [6.45, 7) is 1.78. The summed E-state index contributed by atoms with van der Waals surface area (Å²) in [7, 11) is 1.43. The van der Waals surface area contributed by atoms with Crippen LogP contribution in [0.3, 0.4) is 0 Å². The Labute approximate surface area is 277 Å². The Kier molecular flexibility index (Phi) is 12.4. The summed E-state index contributed by atoms with van der Waals surface area (Å²) >= 11 is 0. The third kappa shape index (κ3) is 12.0. The number of halogens is 11. The molecule has 0 saturated heterocycles. The van der Waals surface area contributed by atoms with Gasteiger partial charge in [0, 0.05) is 29.6 Å². The fourth-order valence-electron chi connectivity index (χ4n) is 4.41. The van der Waals surface area contributed by atoms with Gasteiger partial charge in [-0.05, 0) is 55.7 Å². The van der Waals surface area contributed by atoms with Crippen molar-refractivity contribution in [3.05, 3.63) is 60.2 Å². The van der Waals surface area contributed by atoms with Crippen molar-refractivity contribution < 1.29 is 81.5 Å². The van der Waals surface area contributed by atoms with Gasteiger partial charge in [0.15, 0.2) is 13.2 Å². The molecule has 0 amide bonds. The van der Waals surface area contributed by atoms with E-state index in [1.54, 1.807) is 6.07 Å². The van der Waals surface area contributed by atoms with E-state index in [1.165, 1.54) is 35.9 Å². The van der Waals surface area contributed by atoms with Gasteiger partial charge in [0.2, 0.25) is 0 Å². The smallest absolute Gasteiger partial charge is 0.484 e. The highest BCUT2D eigenvalue weighted by Crippen LogP contribution is 2.40. The quantitative estimate of drug-likeness (QED) is 0.0424. The molecule has 0 radical (unpaired) electrons. The first-order chi connectivity index (χ1) is 22.9. The van der Waals surface area contributed by atoms with Crippen molar-refractivity contribution in [2.45, 2.75) is 70.7 Å². The summed E-state index contributed by atoms with van der Waals surface area (Å²) in [6.07, 6.45) is -24.1. The van der Waals surface area contributed by atoms with E-state index in [-0.39, 0.29) is 16.8 Å². The number of hydrogen-bond donors (Lipinski definition) is 0. The van der Waals surface area contributed by atoms with E-state index in [0.29, 0.717) is 17.4 Å².